The van der Waals surface area contributed by atoms with Gasteiger partial charge in [0.1, 0.15) is 0 Å². The summed E-state index contributed by atoms with van der Waals surface area (Å²) in [6.07, 6.45) is 4.94. The van der Waals surface area contributed by atoms with Crippen molar-refractivity contribution in [2.24, 2.45) is 0 Å². The molecule has 104 valence electrons. The van der Waals surface area contributed by atoms with Crippen molar-refractivity contribution in [3.63, 3.8) is 0 Å². The highest BCUT2D eigenvalue weighted by Gasteiger charge is 2.13. The summed E-state index contributed by atoms with van der Waals surface area (Å²) in [7, 11) is 2.01. The van der Waals surface area contributed by atoms with Gasteiger partial charge >= 0.3 is 0 Å². The molecule has 0 heterocycles. The second-order valence-electron chi connectivity index (χ2n) is 4.49. The molecule has 2 nitrogen and oxygen atoms in total. The maximum atomic E-state index is 3.80. The third kappa shape index (κ3) is 5.31. The van der Waals surface area contributed by atoms with Gasteiger partial charge in [-0.2, -0.15) is 0 Å². The van der Waals surface area contributed by atoms with Crippen molar-refractivity contribution in [3.8, 4) is 0 Å². The maximum absolute atomic E-state index is 3.80. The molecule has 0 aromatic heterocycles. The molecule has 0 fully saturated rings. The lowest BCUT2D eigenvalue weighted by Gasteiger charge is -2.23. The molecule has 0 saturated heterocycles. The number of halogens is 1. The highest BCUT2D eigenvalue weighted by molar-refractivity contribution is 9.10. The topological polar surface area (TPSA) is 15.3 Å². The number of nitrogens with zero attached hydrogens (tertiary/aromatic N) is 1. The zero-order valence-corrected chi connectivity index (χ0v) is 13.2. The molecular formula is C16H23BrN2. The fourth-order valence-electron chi connectivity index (χ4n) is 2.15. The van der Waals surface area contributed by atoms with Gasteiger partial charge in [-0.1, -0.05) is 46.3 Å². The zero-order chi connectivity index (χ0) is 14.1. The molecule has 0 aliphatic rings. The van der Waals surface area contributed by atoms with Gasteiger partial charge < -0.3 is 5.32 Å². The van der Waals surface area contributed by atoms with E-state index >= 15 is 0 Å². The van der Waals surface area contributed by atoms with Crippen molar-refractivity contribution < 1.29 is 0 Å². The molecule has 0 radical (unpaired) electrons. The molecule has 0 saturated carbocycles. The third-order valence-electron chi connectivity index (χ3n) is 3.14. The first-order valence-electron chi connectivity index (χ1n) is 6.58. The summed E-state index contributed by atoms with van der Waals surface area (Å²) in [5.74, 6) is 0. The van der Waals surface area contributed by atoms with E-state index in [1.807, 2.05) is 25.3 Å². The van der Waals surface area contributed by atoms with E-state index in [1.54, 1.807) is 0 Å². The Morgan fingerprint density at radius 2 is 1.89 bits per heavy atom. The average Bonchev–Trinajstić information content (AvgIpc) is 2.41. The number of hydrogen-bond donors (Lipinski definition) is 1. The van der Waals surface area contributed by atoms with E-state index in [0.717, 1.165) is 30.5 Å². The molecule has 3 heteroatoms. The van der Waals surface area contributed by atoms with Crippen molar-refractivity contribution in [1.29, 1.82) is 0 Å². The van der Waals surface area contributed by atoms with E-state index in [0.29, 0.717) is 6.04 Å². The van der Waals surface area contributed by atoms with Gasteiger partial charge in [0.25, 0.3) is 0 Å². The van der Waals surface area contributed by atoms with Crippen molar-refractivity contribution >= 4 is 15.9 Å². The lowest BCUT2D eigenvalue weighted by molar-refractivity contribution is 0.311. The van der Waals surface area contributed by atoms with Crippen LogP contribution in [0.25, 0.3) is 0 Å². The van der Waals surface area contributed by atoms with Crippen molar-refractivity contribution in [2.45, 2.75) is 12.5 Å². The van der Waals surface area contributed by atoms with Crippen LogP contribution in [0.3, 0.4) is 0 Å². The minimum atomic E-state index is 0.354. The first-order chi connectivity index (χ1) is 9.22. The zero-order valence-electron chi connectivity index (χ0n) is 11.6. The molecule has 19 heavy (non-hydrogen) atoms. The van der Waals surface area contributed by atoms with E-state index in [2.05, 4.69) is 57.5 Å². The third-order valence-corrected chi connectivity index (χ3v) is 3.86. The van der Waals surface area contributed by atoms with Crippen LogP contribution >= 0.6 is 15.9 Å². The van der Waals surface area contributed by atoms with Crippen LogP contribution in [0.5, 0.6) is 0 Å². The summed E-state index contributed by atoms with van der Waals surface area (Å²) in [5, 5.41) is 3.39. The monoisotopic (exact) mass is 322 g/mol. The van der Waals surface area contributed by atoms with E-state index < -0.39 is 0 Å². The van der Waals surface area contributed by atoms with Gasteiger partial charge in [0, 0.05) is 30.1 Å². The SMILES string of the molecule is C=CCN(CC=C)CCC(NC)c1ccccc1Br. The Kier molecular flexibility index (Phi) is 7.72. The van der Waals surface area contributed by atoms with E-state index in [1.165, 1.54) is 5.56 Å². The fourth-order valence-corrected chi connectivity index (χ4v) is 2.71. The first kappa shape index (κ1) is 16.2. The predicted molar refractivity (Wildman–Crippen MR) is 87.4 cm³/mol. The standard InChI is InChI=1S/C16H23BrN2/c1-4-11-19(12-5-2)13-10-16(18-3)14-8-6-7-9-15(14)17/h4-9,16,18H,1-2,10-13H2,3H3. The summed E-state index contributed by atoms with van der Waals surface area (Å²) in [6.45, 7) is 10.4. The van der Waals surface area contributed by atoms with E-state index in [-0.39, 0.29) is 0 Å². The molecule has 1 unspecified atom stereocenters. The Labute approximate surface area is 125 Å². The molecule has 1 N–H and O–H groups in total. The van der Waals surface area contributed by atoms with Crippen molar-refractivity contribution in [2.75, 3.05) is 26.7 Å². The van der Waals surface area contributed by atoms with Crippen LogP contribution in [0.2, 0.25) is 0 Å². The normalized spacial score (nSPS) is 12.4. The summed E-state index contributed by atoms with van der Waals surface area (Å²) < 4.78 is 1.16. The van der Waals surface area contributed by atoms with Gasteiger partial charge in [-0.05, 0) is 25.1 Å². The highest BCUT2D eigenvalue weighted by Crippen LogP contribution is 2.25. The largest absolute Gasteiger partial charge is 0.313 e. The van der Waals surface area contributed by atoms with Gasteiger partial charge in [-0.3, -0.25) is 4.90 Å². The molecule has 1 atom stereocenters. The summed E-state index contributed by atoms with van der Waals surface area (Å²) in [5.41, 5.74) is 1.31. The number of nitrogens with one attached hydrogen (secondary N) is 1. The fraction of sp³-hybridized carbons (Fsp3) is 0.375. The van der Waals surface area contributed by atoms with Crippen LogP contribution < -0.4 is 5.32 Å². The van der Waals surface area contributed by atoms with Gasteiger partial charge in [-0.15, -0.1) is 13.2 Å². The second-order valence-corrected chi connectivity index (χ2v) is 5.34. The first-order valence-corrected chi connectivity index (χ1v) is 7.38. The van der Waals surface area contributed by atoms with Crippen molar-refractivity contribution in [3.05, 3.63) is 59.6 Å². The average molecular weight is 323 g/mol. The summed E-state index contributed by atoms with van der Waals surface area (Å²) >= 11 is 3.62. The number of rotatable bonds is 9. The van der Waals surface area contributed by atoms with E-state index in [9.17, 15) is 0 Å². The number of hydrogen-bond acceptors (Lipinski definition) is 2. The Balaban J connectivity index is 2.64. The minimum Gasteiger partial charge on any atom is -0.313 e. The number of benzene rings is 1. The van der Waals surface area contributed by atoms with Gasteiger partial charge in [0.15, 0.2) is 0 Å². The smallest absolute Gasteiger partial charge is 0.0341 e. The van der Waals surface area contributed by atoms with Gasteiger partial charge in [-0.25, -0.2) is 0 Å². The second kappa shape index (κ2) is 9.08. The molecule has 0 amide bonds. The highest BCUT2D eigenvalue weighted by atomic mass is 79.9. The minimum absolute atomic E-state index is 0.354. The lowest BCUT2D eigenvalue weighted by atomic mass is 10.0. The summed E-state index contributed by atoms with van der Waals surface area (Å²) in [4.78, 5) is 2.33. The Morgan fingerprint density at radius 3 is 2.42 bits per heavy atom. The molecule has 1 rings (SSSR count). The van der Waals surface area contributed by atoms with Crippen LogP contribution in [-0.4, -0.2) is 31.6 Å². The quantitative estimate of drug-likeness (QED) is 0.696. The molecule has 1 aromatic rings. The Morgan fingerprint density at radius 1 is 1.26 bits per heavy atom. The predicted octanol–water partition coefficient (Wildman–Crippen LogP) is 3.77. The molecular weight excluding hydrogens is 300 g/mol. The lowest BCUT2D eigenvalue weighted by Crippen LogP contribution is -2.29. The molecule has 0 aliphatic carbocycles. The van der Waals surface area contributed by atoms with Crippen LogP contribution in [0.15, 0.2) is 54.0 Å². The van der Waals surface area contributed by atoms with E-state index in [4.69, 9.17) is 0 Å². The van der Waals surface area contributed by atoms with Gasteiger partial charge in [0.2, 0.25) is 0 Å². The molecule has 0 aliphatic heterocycles. The van der Waals surface area contributed by atoms with Crippen LogP contribution in [-0.2, 0) is 0 Å². The van der Waals surface area contributed by atoms with Crippen LogP contribution in [0.1, 0.15) is 18.0 Å². The van der Waals surface area contributed by atoms with Crippen LogP contribution in [0, 0.1) is 0 Å². The van der Waals surface area contributed by atoms with Crippen LogP contribution in [0.4, 0.5) is 0 Å². The molecule has 1 aromatic carbocycles. The summed E-state index contributed by atoms with van der Waals surface area (Å²) in [6, 6.07) is 8.73. The maximum Gasteiger partial charge on any atom is 0.0341 e. The molecule has 0 spiro atoms. The Bertz CT molecular complexity index is 393. The van der Waals surface area contributed by atoms with Gasteiger partial charge in [0.05, 0.1) is 0 Å². The molecule has 0 bridgehead atoms. The Hall–Kier alpha value is -0.900. The van der Waals surface area contributed by atoms with Crippen molar-refractivity contribution in [1.82, 2.24) is 10.2 Å².